The smallest absolute Gasteiger partial charge is 0.255 e. The topological polar surface area (TPSA) is 104 Å². The van der Waals surface area contributed by atoms with Crippen molar-refractivity contribution in [1.29, 1.82) is 0 Å². The van der Waals surface area contributed by atoms with Crippen LogP contribution in [0.15, 0.2) is 18.3 Å². The lowest BCUT2D eigenvalue weighted by atomic mass is 9.83. The van der Waals surface area contributed by atoms with E-state index in [1.165, 1.54) is 20.0 Å². The molecular weight excluding hydrogens is 449 g/mol. The van der Waals surface area contributed by atoms with Gasteiger partial charge in [0.2, 0.25) is 5.88 Å². The van der Waals surface area contributed by atoms with Gasteiger partial charge in [0.25, 0.3) is 11.8 Å². The minimum Gasteiger partial charge on any atom is -0.496 e. The van der Waals surface area contributed by atoms with E-state index in [0.29, 0.717) is 34.4 Å². The van der Waals surface area contributed by atoms with Crippen LogP contribution in [-0.4, -0.2) is 42.7 Å². The molecule has 8 heteroatoms. The fraction of sp³-hybridized carbons (Fsp3) is 0.519. The van der Waals surface area contributed by atoms with Gasteiger partial charge in [0.1, 0.15) is 12.4 Å². The molecule has 7 nitrogen and oxygen atoms in total. The number of primary amides is 1. The Kier molecular flexibility index (Phi) is 7.44. The molecule has 1 saturated heterocycles. The third-order valence-corrected chi connectivity index (χ3v) is 7.21. The first-order valence-corrected chi connectivity index (χ1v) is 12.2. The van der Waals surface area contributed by atoms with Crippen LogP contribution in [0.4, 0.5) is 4.39 Å². The molecule has 1 aliphatic carbocycles. The number of methoxy groups -OCH3 is 1. The highest BCUT2D eigenvalue weighted by molar-refractivity contribution is 6.03. The van der Waals surface area contributed by atoms with Crippen LogP contribution in [0.3, 0.4) is 0 Å². The van der Waals surface area contributed by atoms with Gasteiger partial charge in [-0.25, -0.2) is 9.37 Å². The van der Waals surface area contributed by atoms with E-state index in [9.17, 15) is 14.0 Å². The predicted molar refractivity (Wildman–Crippen MR) is 131 cm³/mol. The summed E-state index contributed by atoms with van der Waals surface area (Å²) in [6.45, 7) is 4.18. The van der Waals surface area contributed by atoms with Crippen molar-refractivity contribution >= 4 is 22.6 Å². The van der Waals surface area contributed by atoms with Gasteiger partial charge in [-0.3, -0.25) is 9.59 Å². The number of pyridine rings is 1. The van der Waals surface area contributed by atoms with E-state index in [1.54, 1.807) is 18.3 Å². The Morgan fingerprint density at radius 2 is 2.00 bits per heavy atom. The Morgan fingerprint density at radius 1 is 1.26 bits per heavy atom. The number of benzene rings is 1. The summed E-state index contributed by atoms with van der Waals surface area (Å²) < 4.78 is 25.6. The highest BCUT2D eigenvalue weighted by atomic mass is 19.1. The summed E-state index contributed by atoms with van der Waals surface area (Å²) in [6.07, 6.45) is 5.07. The number of fused-ring (bicyclic) bond motifs is 1. The molecule has 0 radical (unpaired) electrons. The SMILES string of the molecule is CC[C@@H]1[C@H](F)C(=O)N[C@@H]1COc1ncc(C#CC2CCC(C)CC2)c2cc(C(N)=O)c(OC)cc12. The maximum absolute atomic E-state index is 14.2. The average Bonchev–Trinajstić information content (AvgIpc) is 3.13. The van der Waals surface area contributed by atoms with E-state index in [4.69, 9.17) is 15.2 Å². The van der Waals surface area contributed by atoms with Gasteiger partial charge >= 0.3 is 0 Å². The third-order valence-electron chi connectivity index (χ3n) is 7.21. The second-order valence-corrected chi connectivity index (χ2v) is 9.57. The van der Waals surface area contributed by atoms with Crippen molar-refractivity contribution < 1.29 is 23.5 Å². The number of hydrogen-bond donors (Lipinski definition) is 2. The van der Waals surface area contributed by atoms with E-state index < -0.39 is 29.9 Å². The first kappa shape index (κ1) is 24.8. The Balaban J connectivity index is 1.69. The molecule has 4 rings (SSSR count). The van der Waals surface area contributed by atoms with Gasteiger partial charge < -0.3 is 20.5 Å². The lowest BCUT2D eigenvalue weighted by Gasteiger charge is -2.22. The molecule has 1 aromatic heterocycles. The first-order chi connectivity index (χ1) is 16.8. The van der Waals surface area contributed by atoms with Crippen molar-refractivity contribution in [2.45, 2.75) is 58.2 Å². The maximum atomic E-state index is 14.2. The molecule has 3 atom stereocenters. The van der Waals surface area contributed by atoms with Crippen molar-refractivity contribution in [3.05, 3.63) is 29.5 Å². The van der Waals surface area contributed by atoms with Gasteiger partial charge in [-0.05, 0) is 50.2 Å². The summed E-state index contributed by atoms with van der Waals surface area (Å²) in [5, 5.41) is 3.94. The van der Waals surface area contributed by atoms with E-state index in [0.717, 1.165) is 18.8 Å². The number of nitrogens with one attached hydrogen (secondary N) is 1. The number of aromatic nitrogens is 1. The number of alkyl halides is 1. The molecule has 1 saturated carbocycles. The number of carbonyl (C=O) groups is 2. The normalized spacial score (nSPS) is 26.1. The van der Waals surface area contributed by atoms with Gasteiger partial charge in [0.05, 0.1) is 24.3 Å². The molecule has 2 heterocycles. The minimum absolute atomic E-state index is 0.0674. The van der Waals surface area contributed by atoms with Crippen molar-refractivity contribution in [3.63, 3.8) is 0 Å². The van der Waals surface area contributed by atoms with Crippen LogP contribution in [0.25, 0.3) is 10.8 Å². The van der Waals surface area contributed by atoms with Crippen LogP contribution in [-0.2, 0) is 4.79 Å². The molecule has 3 N–H and O–H groups in total. The molecule has 186 valence electrons. The molecule has 0 spiro atoms. The van der Waals surface area contributed by atoms with Crippen molar-refractivity contribution in [1.82, 2.24) is 10.3 Å². The lowest BCUT2D eigenvalue weighted by molar-refractivity contribution is -0.123. The minimum atomic E-state index is -1.54. The van der Waals surface area contributed by atoms with E-state index in [1.807, 2.05) is 6.92 Å². The number of nitrogens with zero attached hydrogens (tertiary/aromatic N) is 1. The van der Waals surface area contributed by atoms with E-state index in [2.05, 4.69) is 29.1 Å². The largest absolute Gasteiger partial charge is 0.496 e. The van der Waals surface area contributed by atoms with Crippen LogP contribution >= 0.6 is 0 Å². The van der Waals surface area contributed by atoms with Gasteiger partial charge in [-0.2, -0.15) is 0 Å². The standard InChI is InChI=1S/C27H32FN3O4/c1-4-18-22(31-26(33)24(18)28)14-35-27-20-12-23(34-3)21(25(29)32)11-19(20)17(13-30-27)10-9-16-7-5-15(2)6-8-16/h11-13,15-16,18,22,24H,4-8,14H2,1-3H3,(H2,29,32)(H,31,33)/t15?,16?,18-,22+,24-/m0/s1. The van der Waals surface area contributed by atoms with Crippen LogP contribution in [0.2, 0.25) is 0 Å². The summed E-state index contributed by atoms with van der Waals surface area (Å²) in [7, 11) is 1.45. The van der Waals surface area contributed by atoms with Gasteiger partial charge in [-0.15, -0.1) is 0 Å². The number of amides is 2. The third kappa shape index (κ3) is 5.19. The quantitative estimate of drug-likeness (QED) is 0.612. The summed E-state index contributed by atoms with van der Waals surface area (Å²) in [6, 6.07) is 2.86. The zero-order chi connectivity index (χ0) is 25.1. The number of nitrogens with two attached hydrogens (primary N) is 1. The molecule has 2 fully saturated rings. The molecule has 1 aromatic carbocycles. The Bertz CT molecular complexity index is 1180. The van der Waals surface area contributed by atoms with E-state index >= 15 is 0 Å². The molecule has 35 heavy (non-hydrogen) atoms. The van der Waals surface area contributed by atoms with Gasteiger partial charge in [-0.1, -0.05) is 25.7 Å². The van der Waals surface area contributed by atoms with E-state index in [-0.39, 0.29) is 18.1 Å². The Hall–Kier alpha value is -3.34. The van der Waals surface area contributed by atoms with Crippen molar-refractivity contribution in [2.24, 2.45) is 23.5 Å². The highest BCUT2D eigenvalue weighted by Crippen LogP contribution is 2.34. The van der Waals surface area contributed by atoms with Crippen molar-refractivity contribution in [3.8, 4) is 23.5 Å². The lowest BCUT2D eigenvalue weighted by Crippen LogP contribution is -2.34. The molecule has 1 aliphatic heterocycles. The second kappa shape index (κ2) is 10.5. The van der Waals surface area contributed by atoms with Crippen LogP contribution < -0.4 is 20.5 Å². The molecule has 2 aromatic rings. The summed E-state index contributed by atoms with van der Waals surface area (Å²) in [5.74, 6) is 6.61. The highest BCUT2D eigenvalue weighted by Gasteiger charge is 2.41. The monoisotopic (exact) mass is 481 g/mol. The molecular formula is C27H32FN3O4. The zero-order valence-corrected chi connectivity index (χ0v) is 20.4. The molecule has 0 bridgehead atoms. The summed E-state index contributed by atoms with van der Waals surface area (Å²) in [4.78, 5) is 28.3. The average molecular weight is 482 g/mol. The van der Waals surface area contributed by atoms with Crippen LogP contribution in [0.1, 0.15) is 61.9 Å². The van der Waals surface area contributed by atoms with Crippen molar-refractivity contribution in [2.75, 3.05) is 13.7 Å². The summed E-state index contributed by atoms with van der Waals surface area (Å²) >= 11 is 0. The van der Waals surface area contributed by atoms with Crippen LogP contribution in [0.5, 0.6) is 11.6 Å². The Morgan fingerprint density at radius 3 is 2.66 bits per heavy atom. The number of rotatable bonds is 6. The zero-order valence-electron chi connectivity index (χ0n) is 20.4. The van der Waals surface area contributed by atoms with Gasteiger partial charge in [0.15, 0.2) is 6.17 Å². The number of ether oxygens (including phenoxy) is 2. The molecule has 2 amide bonds. The fourth-order valence-corrected chi connectivity index (χ4v) is 5.00. The second-order valence-electron chi connectivity index (χ2n) is 9.57. The van der Waals surface area contributed by atoms with Crippen LogP contribution in [0, 0.1) is 29.6 Å². The fourth-order valence-electron chi connectivity index (χ4n) is 5.00. The first-order valence-electron chi connectivity index (χ1n) is 12.2. The molecule has 2 aliphatic rings. The van der Waals surface area contributed by atoms with Gasteiger partial charge in [0, 0.05) is 28.8 Å². The summed E-state index contributed by atoms with van der Waals surface area (Å²) in [5.41, 5.74) is 6.50. The number of carbonyl (C=O) groups excluding carboxylic acids is 2. The number of hydrogen-bond acceptors (Lipinski definition) is 5. The maximum Gasteiger partial charge on any atom is 0.255 e. The predicted octanol–water partition coefficient (Wildman–Crippen LogP) is 3.76. The molecule has 0 unspecified atom stereocenters. The number of halogens is 1. The Labute approximate surface area is 204 Å².